The maximum absolute atomic E-state index is 11.6. The summed E-state index contributed by atoms with van der Waals surface area (Å²) in [5.41, 5.74) is 2.95. The van der Waals surface area contributed by atoms with Gasteiger partial charge in [0.15, 0.2) is 16.7 Å². The fourth-order valence-electron chi connectivity index (χ4n) is 1.66. The van der Waals surface area contributed by atoms with E-state index in [0.717, 1.165) is 17.8 Å². The number of hydrazone groups is 1. The minimum Gasteiger partial charge on any atom is -0.742 e. The smallest absolute Gasteiger partial charge is 0.742 e. The molecule has 2 aromatic rings. The summed E-state index contributed by atoms with van der Waals surface area (Å²) in [6.07, 6.45) is 1.06. The van der Waals surface area contributed by atoms with Gasteiger partial charge in [-0.3, -0.25) is 4.79 Å². The average molecular weight is 395 g/mol. The quantitative estimate of drug-likeness (QED) is 0.281. The molecule has 1 heterocycles. The Morgan fingerprint density at radius 1 is 1.40 bits per heavy atom. The van der Waals surface area contributed by atoms with E-state index in [-0.39, 0.29) is 41.9 Å². The monoisotopic (exact) mass is 394 g/mol. The van der Waals surface area contributed by atoms with E-state index in [9.17, 15) is 17.8 Å². The third-order valence-corrected chi connectivity index (χ3v) is 3.67. The zero-order valence-corrected chi connectivity index (χ0v) is 16.9. The largest absolute Gasteiger partial charge is 1.00 e. The van der Waals surface area contributed by atoms with Crippen LogP contribution >= 0.6 is 11.6 Å². The second kappa shape index (κ2) is 9.37. The van der Waals surface area contributed by atoms with E-state index in [1.165, 1.54) is 6.07 Å². The van der Waals surface area contributed by atoms with Crippen molar-refractivity contribution in [2.24, 2.45) is 5.10 Å². The topological polar surface area (TPSA) is 121 Å². The number of carbonyl (C=O) groups excluding carboxylic acids is 1. The van der Waals surface area contributed by atoms with Gasteiger partial charge < -0.3 is 13.7 Å². The predicted octanol–water partition coefficient (Wildman–Crippen LogP) is -1.32. The number of benzene rings is 1. The first-order valence-electron chi connectivity index (χ1n) is 6.52. The second-order valence-electron chi connectivity index (χ2n) is 4.60. The van der Waals surface area contributed by atoms with Gasteiger partial charge in [0, 0.05) is 5.02 Å². The molecule has 1 aromatic heterocycles. The summed E-state index contributed by atoms with van der Waals surface area (Å²) in [7, 11) is -4.66. The Kier molecular flexibility index (Phi) is 8.13. The van der Waals surface area contributed by atoms with E-state index in [4.69, 9.17) is 20.8 Å². The predicted molar refractivity (Wildman–Crippen MR) is 84.1 cm³/mol. The van der Waals surface area contributed by atoms with Crippen LogP contribution in [-0.4, -0.2) is 31.7 Å². The molecular formula is C14H12ClN2NaO6S. The zero-order chi connectivity index (χ0) is 17.7. The van der Waals surface area contributed by atoms with Crippen LogP contribution in [0.1, 0.15) is 11.3 Å². The van der Waals surface area contributed by atoms with Crippen LogP contribution < -0.4 is 39.7 Å². The summed E-state index contributed by atoms with van der Waals surface area (Å²) in [5, 5.41) is 3.41. The van der Waals surface area contributed by atoms with Gasteiger partial charge in [-0.25, -0.2) is 13.8 Å². The van der Waals surface area contributed by atoms with E-state index < -0.39 is 21.1 Å². The molecule has 25 heavy (non-hydrogen) atoms. The Morgan fingerprint density at radius 2 is 2.12 bits per heavy atom. The molecule has 0 saturated heterocycles. The fourth-order valence-corrected chi connectivity index (χ4v) is 2.32. The average Bonchev–Trinajstić information content (AvgIpc) is 2.95. The van der Waals surface area contributed by atoms with Gasteiger partial charge in [0.05, 0.1) is 6.21 Å². The van der Waals surface area contributed by atoms with Crippen molar-refractivity contribution in [2.45, 2.75) is 12.0 Å². The maximum Gasteiger partial charge on any atom is 1.00 e. The minimum absolute atomic E-state index is 0. The Bertz CT molecular complexity index is 881. The number of ether oxygens (including phenoxy) is 1. The molecule has 0 aliphatic rings. The molecule has 8 nitrogen and oxygen atoms in total. The Balaban J connectivity index is 0.00000312. The van der Waals surface area contributed by atoms with Crippen LogP contribution in [0.5, 0.6) is 5.75 Å². The van der Waals surface area contributed by atoms with Gasteiger partial charge in [0.2, 0.25) is 5.09 Å². The number of hydrogen-bond acceptors (Lipinski definition) is 7. The Morgan fingerprint density at radius 3 is 2.72 bits per heavy atom. The van der Waals surface area contributed by atoms with Crippen LogP contribution in [0.15, 0.2) is 44.9 Å². The van der Waals surface area contributed by atoms with Crippen LogP contribution in [0.25, 0.3) is 0 Å². The number of nitrogens with one attached hydrogen (secondary N) is 1. The summed E-state index contributed by atoms with van der Waals surface area (Å²) in [6, 6.07) is 7.21. The number of nitrogens with zero attached hydrogens (tertiary/aromatic N) is 1. The van der Waals surface area contributed by atoms with E-state index in [0.29, 0.717) is 10.8 Å². The molecule has 11 heteroatoms. The van der Waals surface area contributed by atoms with Crippen molar-refractivity contribution in [2.75, 3.05) is 6.61 Å². The number of rotatable bonds is 6. The first kappa shape index (κ1) is 21.7. The Labute approximate surface area is 171 Å². The molecular weight excluding hydrogens is 383 g/mol. The first-order chi connectivity index (χ1) is 11.3. The van der Waals surface area contributed by atoms with Gasteiger partial charge in [-0.1, -0.05) is 11.6 Å². The molecule has 1 aromatic carbocycles. The molecule has 2 rings (SSSR count). The van der Waals surface area contributed by atoms with E-state index in [1.54, 1.807) is 25.1 Å². The zero-order valence-electron chi connectivity index (χ0n) is 13.4. The standard InChI is InChI=1S/C14H13ClN2O6S.Na/c1-9-6-10(15)2-4-12(9)22-8-13(18)17-16-7-11-3-5-14(23-11)24(19,20)21;/h2-7H,8H2,1H3,(H,17,18)(H,19,20,21);/q;+1/p-1/b16-7+;. The molecule has 0 aliphatic heterocycles. The third kappa shape index (κ3) is 6.81. The maximum atomic E-state index is 11.6. The first-order valence-corrected chi connectivity index (χ1v) is 8.31. The summed E-state index contributed by atoms with van der Waals surface area (Å²) in [4.78, 5) is 11.6. The molecule has 0 aliphatic carbocycles. The van der Waals surface area contributed by atoms with E-state index >= 15 is 0 Å². The van der Waals surface area contributed by atoms with Crippen LogP contribution in [0.4, 0.5) is 0 Å². The SMILES string of the molecule is Cc1cc(Cl)ccc1OCC(=O)N/N=C/c1ccc(S(=O)(=O)[O-])o1.[Na+]. The van der Waals surface area contributed by atoms with Crippen LogP contribution in [-0.2, 0) is 14.9 Å². The summed E-state index contributed by atoms with van der Waals surface area (Å²) in [5.74, 6) is -0.0297. The number of amides is 1. The van der Waals surface area contributed by atoms with Crippen LogP contribution in [0.3, 0.4) is 0 Å². The van der Waals surface area contributed by atoms with Gasteiger partial charge in [0.25, 0.3) is 5.91 Å². The van der Waals surface area contributed by atoms with Crippen molar-refractivity contribution in [1.29, 1.82) is 0 Å². The van der Waals surface area contributed by atoms with Gasteiger partial charge in [-0.15, -0.1) is 0 Å². The second-order valence-corrected chi connectivity index (χ2v) is 6.35. The molecule has 0 fully saturated rings. The molecule has 1 N–H and O–H groups in total. The molecule has 0 bridgehead atoms. The molecule has 0 saturated carbocycles. The molecule has 1 amide bonds. The summed E-state index contributed by atoms with van der Waals surface area (Å²) < 4.78 is 42.2. The Hall–Kier alpha value is -1.36. The van der Waals surface area contributed by atoms with Crippen molar-refractivity contribution in [1.82, 2.24) is 5.43 Å². The molecule has 0 radical (unpaired) electrons. The molecule has 128 valence electrons. The van der Waals surface area contributed by atoms with E-state index in [1.807, 2.05) is 0 Å². The molecule has 0 atom stereocenters. The number of halogens is 1. The van der Waals surface area contributed by atoms with Gasteiger partial charge >= 0.3 is 29.6 Å². The number of hydrogen-bond donors (Lipinski definition) is 1. The van der Waals surface area contributed by atoms with Crippen molar-refractivity contribution >= 4 is 33.8 Å². The van der Waals surface area contributed by atoms with Gasteiger partial charge in [0.1, 0.15) is 11.5 Å². The summed E-state index contributed by atoms with van der Waals surface area (Å²) in [6.45, 7) is 1.51. The number of carbonyl (C=O) groups is 1. The molecule has 0 spiro atoms. The normalized spacial score (nSPS) is 11.2. The van der Waals surface area contributed by atoms with Crippen molar-refractivity contribution < 1.29 is 56.5 Å². The van der Waals surface area contributed by atoms with E-state index in [2.05, 4.69) is 10.5 Å². The fraction of sp³-hybridized carbons (Fsp3) is 0.143. The van der Waals surface area contributed by atoms with Gasteiger partial charge in [-0.05, 0) is 42.8 Å². The summed E-state index contributed by atoms with van der Waals surface area (Å²) >= 11 is 5.82. The third-order valence-electron chi connectivity index (χ3n) is 2.73. The molecule has 0 unspecified atom stereocenters. The van der Waals surface area contributed by atoms with Crippen LogP contribution in [0.2, 0.25) is 5.02 Å². The van der Waals surface area contributed by atoms with Crippen molar-refractivity contribution in [3.05, 3.63) is 46.7 Å². The van der Waals surface area contributed by atoms with Crippen LogP contribution in [0, 0.1) is 6.92 Å². The van der Waals surface area contributed by atoms with Crippen molar-refractivity contribution in [3.63, 3.8) is 0 Å². The minimum atomic E-state index is -4.66. The number of furan rings is 1. The van der Waals surface area contributed by atoms with Gasteiger partial charge in [-0.2, -0.15) is 5.10 Å². The van der Waals surface area contributed by atoms with Crippen molar-refractivity contribution in [3.8, 4) is 5.75 Å². The number of aryl methyl sites for hydroxylation is 1.